The molecular formula is C15H9Cl3N2. The lowest BCUT2D eigenvalue weighted by molar-refractivity contribution is 1.41. The van der Waals surface area contributed by atoms with E-state index >= 15 is 0 Å². The molecule has 0 radical (unpaired) electrons. The molecule has 0 bridgehead atoms. The highest BCUT2D eigenvalue weighted by molar-refractivity contribution is 6.70. The van der Waals surface area contributed by atoms with Crippen molar-refractivity contribution in [2.45, 2.75) is 6.92 Å². The lowest BCUT2D eigenvalue weighted by Crippen LogP contribution is -2.02. The van der Waals surface area contributed by atoms with Gasteiger partial charge in [-0.3, -0.25) is 4.99 Å². The van der Waals surface area contributed by atoms with Gasteiger partial charge in [0.25, 0.3) is 0 Å². The number of aliphatic imine (C=N–C) groups is 2. The minimum Gasteiger partial charge on any atom is -0.251 e. The third-order valence-corrected chi connectivity index (χ3v) is 3.97. The highest BCUT2D eigenvalue weighted by atomic mass is 35.5. The van der Waals surface area contributed by atoms with Crippen molar-refractivity contribution < 1.29 is 0 Å². The van der Waals surface area contributed by atoms with Gasteiger partial charge in [-0.05, 0) is 25.1 Å². The first-order valence-corrected chi connectivity index (χ1v) is 7.08. The molecule has 1 aliphatic heterocycles. The summed E-state index contributed by atoms with van der Waals surface area (Å²) in [6, 6.07) is 11.0. The Morgan fingerprint density at radius 3 is 1.95 bits per heavy atom. The SMILES string of the molecule is CC1=Nc2c(Cl)cccc2C(Cl)=Nc2c(Cl)cccc21. The Morgan fingerprint density at radius 2 is 1.30 bits per heavy atom. The fourth-order valence-electron chi connectivity index (χ4n) is 2.10. The van der Waals surface area contributed by atoms with Crippen molar-refractivity contribution in [3.63, 3.8) is 0 Å². The van der Waals surface area contributed by atoms with Crippen LogP contribution in [0, 0.1) is 0 Å². The average molecular weight is 324 g/mol. The van der Waals surface area contributed by atoms with Gasteiger partial charge in [-0.1, -0.05) is 53.0 Å². The minimum absolute atomic E-state index is 0.327. The third-order valence-electron chi connectivity index (χ3n) is 3.08. The molecule has 0 spiro atoms. The maximum absolute atomic E-state index is 6.31. The molecule has 0 atom stereocenters. The molecule has 0 amide bonds. The topological polar surface area (TPSA) is 24.7 Å². The molecular weight excluding hydrogens is 315 g/mol. The number of hydrogen-bond acceptors (Lipinski definition) is 2. The number of benzene rings is 2. The van der Waals surface area contributed by atoms with Crippen molar-refractivity contribution >= 4 is 57.1 Å². The molecule has 0 N–H and O–H groups in total. The Kier molecular flexibility index (Phi) is 3.55. The van der Waals surface area contributed by atoms with Crippen LogP contribution in [0.2, 0.25) is 10.0 Å². The van der Waals surface area contributed by atoms with Gasteiger partial charge in [-0.2, -0.15) is 0 Å². The largest absolute Gasteiger partial charge is 0.251 e. The Hall–Kier alpha value is -1.35. The van der Waals surface area contributed by atoms with Gasteiger partial charge in [0.1, 0.15) is 5.17 Å². The molecule has 1 aliphatic rings. The molecule has 0 unspecified atom stereocenters. The second kappa shape index (κ2) is 5.21. The number of nitrogens with zero attached hydrogens (tertiary/aromatic N) is 2. The smallest absolute Gasteiger partial charge is 0.139 e. The number of para-hydroxylation sites is 2. The molecule has 5 heteroatoms. The van der Waals surface area contributed by atoms with E-state index in [0.717, 1.165) is 11.3 Å². The molecule has 20 heavy (non-hydrogen) atoms. The second-order valence-corrected chi connectivity index (χ2v) is 5.54. The molecule has 0 aromatic heterocycles. The summed E-state index contributed by atoms with van der Waals surface area (Å²) in [7, 11) is 0. The van der Waals surface area contributed by atoms with Crippen LogP contribution in [0.25, 0.3) is 0 Å². The quantitative estimate of drug-likeness (QED) is 0.588. The van der Waals surface area contributed by atoms with E-state index in [1.54, 1.807) is 12.1 Å². The van der Waals surface area contributed by atoms with Gasteiger partial charge in [0.2, 0.25) is 0 Å². The predicted octanol–water partition coefficient (Wildman–Crippen LogP) is 5.76. The van der Waals surface area contributed by atoms with E-state index in [-0.39, 0.29) is 0 Å². The zero-order valence-corrected chi connectivity index (χ0v) is 12.8. The van der Waals surface area contributed by atoms with Crippen LogP contribution >= 0.6 is 34.8 Å². The summed E-state index contributed by atoms with van der Waals surface area (Å²) >= 11 is 18.7. The molecule has 1 heterocycles. The molecule has 3 rings (SSSR count). The van der Waals surface area contributed by atoms with E-state index in [0.29, 0.717) is 32.2 Å². The molecule has 100 valence electrons. The Bertz CT molecular complexity index is 698. The van der Waals surface area contributed by atoms with Gasteiger partial charge < -0.3 is 0 Å². The summed E-state index contributed by atoms with van der Waals surface area (Å²) in [6.45, 7) is 1.90. The van der Waals surface area contributed by atoms with Crippen molar-refractivity contribution in [3.8, 4) is 0 Å². The van der Waals surface area contributed by atoms with Crippen LogP contribution in [0.3, 0.4) is 0 Å². The van der Waals surface area contributed by atoms with Gasteiger partial charge in [0, 0.05) is 16.8 Å². The van der Waals surface area contributed by atoms with Crippen LogP contribution in [0.15, 0.2) is 46.4 Å². The standard InChI is InChI=1S/C15H9Cl3N2/c1-8-9-4-2-6-11(16)13(9)20-15(18)10-5-3-7-12(17)14(10)19-8/h2-7H,1H3. The zero-order chi connectivity index (χ0) is 14.3. The van der Waals surface area contributed by atoms with E-state index in [1.807, 2.05) is 31.2 Å². The highest BCUT2D eigenvalue weighted by Crippen LogP contribution is 2.37. The monoisotopic (exact) mass is 322 g/mol. The summed E-state index contributed by atoms with van der Waals surface area (Å²) < 4.78 is 0. The number of rotatable bonds is 0. The number of halogens is 3. The maximum Gasteiger partial charge on any atom is 0.139 e. The van der Waals surface area contributed by atoms with Crippen LogP contribution in [0.1, 0.15) is 18.1 Å². The van der Waals surface area contributed by atoms with Gasteiger partial charge in [0.15, 0.2) is 0 Å². The van der Waals surface area contributed by atoms with Crippen molar-refractivity contribution in [2.24, 2.45) is 9.98 Å². The van der Waals surface area contributed by atoms with E-state index in [9.17, 15) is 0 Å². The lowest BCUT2D eigenvalue weighted by Gasteiger charge is -2.14. The molecule has 2 aromatic rings. The average Bonchev–Trinajstić information content (AvgIpc) is 2.41. The van der Waals surface area contributed by atoms with Crippen LogP contribution in [0.4, 0.5) is 11.4 Å². The van der Waals surface area contributed by atoms with E-state index in [2.05, 4.69) is 9.98 Å². The first-order valence-electron chi connectivity index (χ1n) is 5.95. The summed E-state index contributed by atoms with van der Waals surface area (Å²) in [5.41, 5.74) is 3.60. The first-order chi connectivity index (χ1) is 9.58. The molecule has 2 aromatic carbocycles. The lowest BCUT2D eigenvalue weighted by atomic mass is 10.1. The Labute approximate surface area is 131 Å². The van der Waals surface area contributed by atoms with Crippen molar-refractivity contribution in [1.29, 1.82) is 0 Å². The molecule has 2 nitrogen and oxygen atoms in total. The fourth-order valence-corrected chi connectivity index (χ4v) is 2.77. The van der Waals surface area contributed by atoms with Gasteiger partial charge in [-0.25, -0.2) is 4.99 Å². The third kappa shape index (κ3) is 2.24. The summed E-state index contributed by atoms with van der Waals surface area (Å²) in [5, 5.41) is 1.41. The van der Waals surface area contributed by atoms with Crippen molar-refractivity contribution in [3.05, 3.63) is 57.6 Å². The van der Waals surface area contributed by atoms with Gasteiger partial charge >= 0.3 is 0 Å². The Morgan fingerprint density at radius 1 is 0.750 bits per heavy atom. The fraction of sp³-hybridized carbons (Fsp3) is 0.0667. The van der Waals surface area contributed by atoms with E-state index in [4.69, 9.17) is 34.8 Å². The zero-order valence-electron chi connectivity index (χ0n) is 10.5. The van der Waals surface area contributed by atoms with Crippen LogP contribution in [-0.4, -0.2) is 10.9 Å². The van der Waals surface area contributed by atoms with Crippen LogP contribution < -0.4 is 0 Å². The normalized spacial score (nSPS) is 13.6. The van der Waals surface area contributed by atoms with Gasteiger partial charge in [0.05, 0.1) is 21.4 Å². The van der Waals surface area contributed by atoms with E-state index in [1.165, 1.54) is 0 Å². The maximum atomic E-state index is 6.31. The van der Waals surface area contributed by atoms with Crippen molar-refractivity contribution in [1.82, 2.24) is 0 Å². The summed E-state index contributed by atoms with van der Waals surface area (Å²) in [6.07, 6.45) is 0. The number of fused-ring (bicyclic) bond motifs is 2. The minimum atomic E-state index is 0.327. The first kappa shape index (κ1) is 13.6. The number of hydrogen-bond donors (Lipinski definition) is 0. The van der Waals surface area contributed by atoms with E-state index < -0.39 is 0 Å². The summed E-state index contributed by atoms with van der Waals surface area (Å²) in [4.78, 5) is 9.04. The molecule has 0 saturated heterocycles. The Balaban J connectivity index is 2.37. The highest BCUT2D eigenvalue weighted by Gasteiger charge is 2.17. The predicted molar refractivity (Wildman–Crippen MR) is 86.8 cm³/mol. The molecule has 0 aliphatic carbocycles. The molecule has 0 fully saturated rings. The van der Waals surface area contributed by atoms with Crippen LogP contribution in [0.5, 0.6) is 0 Å². The second-order valence-electron chi connectivity index (χ2n) is 4.37. The summed E-state index contributed by atoms with van der Waals surface area (Å²) in [5.74, 6) is 0. The molecule has 0 saturated carbocycles. The van der Waals surface area contributed by atoms with Crippen molar-refractivity contribution in [2.75, 3.05) is 0 Å². The van der Waals surface area contributed by atoms with Crippen LogP contribution in [-0.2, 0) is 0 Å². The van der Waals surface area contributed by atoms with Gasteiger partial charge in [-0.15, -0.1) is 0 Å².